The molecule has 0 aliphatic carbocycles. The number of anilines is 1. The van der Waals surface area contributed by atoms with Crippen molar-refractivity contribution in [3.63, 3.8) is 0 Å². The van der Waals surface area contributed by atoms with Crippen molar-refractivity contribution >= 4 is 35.0 Å². The number of aryl methyl sites for hydroxylation is 1. The highest BCUT2D eigenvalue weighted by molar-refractivity contribution is 8.00. The second-order valence-corrected chi connectivity index (χ2v) is 9.25. The van der Waals surface area contributed by atoms with E-state index >= 15 is 0 Å². The van der Waals surface area contributed by atoms with E-state index in [1.54, 1.807) is 31.2 Å². The maximum atomic E-state index is 13.5. The summed E-state index contributed by atoms with van der Waals surface area (Å²) in [5.41, 5.74) is 2.33. The number of nitrogens with one attached hydrogen (secondary N) is 1. The van der Waals surface area contributed by atoms with Crippen LogP contribution in [0.15, 0.2) is 47.6 Å². The summed E-state index contributed by atoms with van der Waals surface area (Å²) in [6.45, 7) is 5.72. The Balaban J connectivity index is 1.88. The van der Waals surface area contributed by atoms with Gasteiger partial charge in [-0.2, -0.15) is 0 Å². The number of amides is 1. The number of halogens is 2. The highest BCUT2D eigenvalue weighted by atomic mass is 35.5. The standard InChI is InChI=1S/C22H25ClFN5OS/c1-13-6-7-16(23)12-19(13)25-21(30)15(3)31-22-27-26-20(14(2)28(4)5)29(22)18-10-8-17(24)9-11-18/h6-12,14-15H,1-5H3,(H,25,30). The minimum absolute atomic E-state index is 0.0369. The molecule has 3 rings (SSSR count). The molecule has 1 heterocycles. The van der Waals surface area contributed by atoms with Crippen molar-refractivity contribution in [1.82, 2.24) is 19.7 Å². The third-order valence-electron chi connectivity index (χ3n) is 5.00. The summed E-state index contributed by atoms with van der Waals surface area (Å²) >= 11 is 7.35. The van der Waals surface area contributed by atoms with Crippen molar-refractivity contribution in [3.8, 4) is 5.69 Å². The van der Waals surface area contributed by atoms with Crippen molar-refractivity contribution in [2.45, 2.75) is 37.2 Å². The fourth-order valence-corrected chi connectivity index (χ4v) is 3.91. The van der Waals surface area contributed by atoms with Crippen LogP contribution in [0.1, 0.15) is 31.3 Å². The van der Waals surface area contributed by atoms with Gasteiger partial charge in [-0.25, -0.2) is 4.39 Å². The van der Waals surface area contributed by atoms with Crippen molar-refractivity contribution in [3.05, 3.63) is 64.7 Å². The lowest BCUT2D eigenvalue weighted by atomic mass is 10.2. The Kier molecular flexibility index (Phi) is 7.35. The van der Waals surface area contributed by atoms with E-state index in [0.29, 0.717) is 21.7 Å². The molecule has 1 aromatic heterocycles. The summed E-state index contributed by atoms with van der Waals surface area (Å²) in [6.07, 6.45) is 0. The van der Waals surface area contributed by atoms with Gasteiger partial charge in [0.05, 0.1) is 11.3 Å². The molecule has 0 aliphatic rings. The number of carbonyl (C=O) groups is 1. The van der Waals surface area contributed by atoms with Crippen LogP contribution in [-0.2, 0) is 4.79 Å². The van der Waals surface area contributed by atoms with Gasteiger partial charge in [0.25, 0.3) is 0 Å². The van der Waals surface area contributed by atoms with Crippen LogP contribution in [0.3, 0.4) is 0 Å². The molecule has 2 unspecified atom stereocenters. The average Bonchev–Trinajstić information content (AvgIpc) is 3.13. The van der Waals surface area contributed by atoms with Crippen LogP contribution in [0.2, 0.25) is 5.02 Å². The minimum Gasteiger partial charge on any atom is -0.325 e. The van der Waals surface area contributed by atoms with Crippen molar-refractivity contribution in [2.75, 3.05) is 19.4 Å². The number of aromatic nitrogens is 3. The predicted molar refractivity (Wildman–Crippen MR) is 124 cm³/mol. The molecule has 31 heavy (non-hydrogen) atoms. The Morgan fingerprint density at radius 2 is 1.84 bits per heavy atom. The summed E-state index contributed by atoms with van der Waals surface area (Å²) < 4.78 is 15.3. The van der Waals surface area contributed by atoms with Gasteiger partial charge < -0.3 is 5.32 Å². The first kappa shape index (κ1) is 23.2. The van der Waals surface area contributed by atoms with Gasteiger partial charge in [0.15, 0.2) is 11.0 Å². The molecule has 164 valence electrons. The van der Waals surface area contributed by atoms with Gasteiger partial charge in [0.1, 0.15) is 5.82 Å². The number of benzene rings is 2. The molecule has 9 heteroatoms. The topological polar surface area (TPSA) is 63.1 Å². The smallest absolute Gasteiger partial charge is 0.237 e. The van der Waals surface area contributed by atoms with Crippen LogP contribution in [0.5, 0.6) is 0 Å². The second kappa shape index (κ2) is 9.80. The zero-order valence-electron chi connectivity index (χ0n) is 18.1. The lowest BCUT2D eigenvalue weighted by molar-refractivity contribution is -0.115. The van der Waals surface area contributed by atoms with Crippen LogP contribution in [0.4, 0.5) is 10.1 Å². The molecule has 0 saturated carbocycles. The Morgan fingerprint density at radius 3 is 2.48 bits per heavy atom. The number of thioether (sulfide) groups is 1. The van der Waals surface area contributed by atoms with Gasteiger partial charge in [-0.15, -0.1) is 10.2 Å². The first-order chi connectivity index (χ1) is 14.7. The summed E-state index contributed by atoms with van der Waals surface area (Å²) in [4.78, 5) is 14.8. The van der Waals surface area contributed by atoms with Gasteiger partial charge in [0, 0.05) is 16.4 Å². The molecule has 2 atom stereocenters. The Morgan fingerprint density at radius 1 is 1.16 bits per heavy atom. The van der Waals surface area contributed by atoms with Crippen LogP contribution >= 0.6 is 23.4 Å². The van der Waals surface area contributed by atoms with E-state index in [1.165, 1.54) is 23.9 Å². The monoisotopic (exact) mass is 461 g/mol. The van der Waals surface area contributed by atoms with Crippen LogP contribution in [0.25, 0.3) is 5.69 Å². The van der Waals surface area contributed by atoms with Crippen molar-refractivity contribution in [1.29, 1.82) is 0 Å². The van der Waals surface area contributed by atoms with Gasteiger partial charge in [-0.3, -0.25) is 14.3 Å². The second-order valence-electron chi connectivity index (χ2n) is 7.50. The van der Waals surface area contributed by atoms with E-state index in [0.717, 1.165) is 11.3 Å². The largest absolute Gasteiger partial charge is 0.325 e. The van der Waals surface area contributed by atoms with E-state index in [-0.39, 0.29) is 17.8 Å². The zero-order chi connectivity index (χ0) is 22.7. The molecule has 2 aromatic carbocycles. The maximum Gasteiger partial charge on any atom is 0.237 e. The molecule has 0 aliphatic heterocycles. The van der Waals surface area contributed by atoms with E-state index in [1.807, 2.05) is 43.5 Å². The Labute approximate surface area is 190 Å². The van der Waals surface area contributed by atoms with Crippen LogP contribution in [-0.4, -0.2) is 44.9 Å². The minimum atomic E-state index is -0.454. The molecule has 0 bridgehead atoms. The summed E-state index contributed by atoms with van der Waals surface area (Å²) in [5.74, 6) is 0.210. The van der Waals surface area contributed by atoms with Crippen molar-refractivity contribution < 1.29 is 9.18 Å². The highest BCUT2D eigenvalue weighted by Gasteiger charge is 2.24. The molecule has 1 N–H and O–H groups in total. The first-order valence-corrected chi connectivity index (χ1v) is 11.0. The highest BCUT2D eigenvalue weighted by Crippen LogP contribution is 2.30. The third-order valence-corrected chi connectivity index (χ3v) is 6.28. The molecule has 3 aromatic rings. The normalized spacial score (nSPS) is 13.3. The lowest BCUT2D eigenvalue weighted by Crippen LogP contribution is -2.24. The number of carbonyl (C=O) groups excluding carboxylic acids is 1. The Bertz CT molecular complexity index is 1070. The molecular formula is C22H25ClFN5OS. The van der Waals surface area contributed by atoms with E-state index < -0.39 is 5.25 Å². The molecular weight excluding hydrogens is 437 g/mol. The van der Waals surface area contributed by atoms with Gasteiger partial charge >= 0.3 is 0 Å². The molecule has 0 fully saturated rings. The fourth-order valence-electron chi connectivity index (χ4n) is 2.87. The van der Waals surface area contributed by atoms with Gasteiger partial charge in [-0.05, 0) is 76.8 Å². The van der Waals surface area contributed by atoms with E-state index in [2.05, 4.69) is 15.5 Å². The van der Waals surface area contributed by atoms with Crippen molar-refractivity contribution in [2.24, 2.45) is 0 Å². The lowest BCUT2D eigenvalue weighted by Gasteiger charge is -2.21. The quantitative estimate of drug-likeness (QED) is 0.495. The number of rotatable bonds is 7. The summed E-state index contributed by atoms with van der Waals surface area (Å²) in [6, 6.07) is 11.5. The van der Waals surface area contributed by atoms with E-state index in [4.69, 9.17) is 11.6 Å². The molecule has 0 saturated heterocycles. The van der Waals surface area contributed by atoms with Crippen LogP contribution in [0, 0.1) is 12.7 Å². The SMILES string of the molecule is Cc1ccc(Cl)cc1NC(=O)C(C)Sc1nnc(C(C)N(C)C)n1-c1ccc(F)cc1. The fraction of sp³-hybridized carbons (Fsp3) is 0.318. The van der Waals surface area contributed by atoms with Crippen LogP contribution < -0.4 is 5.32 Å². The summed E-state index contributed by atoms with van der Waals surface area (Å²) in [5, 5.41) is 12.3. The van der Waals surface area contributed by atoms with Gasteiger partial charge in [0.2, 0.25) is 5.91 Å². The Hall–Kier alpha value is -2.42. The van der Waals surface area contributed by atoms with Gasteiger partial charge in [-0.1, -0.05) is 29.4 Å². The average molecular weight is 462 g/mol. The number of hydrogen-bond acceptors (Lipinski definition) is 5. The number of nitrogens with zero attached hydrogens (tertiary/aromatic N) is 4. The molecule has 0 radical (unpaired) electrons. The molecule has 1 amide bonds. The molecule has 0 spiro atoms. The molecule has 6 nitrogen and oxygen atoms in total. The summed E-state index contributed by atoms with van der Waals surface area (Å²) in [7, 11) is 3.90. The maximum absolute atomic E-state index is 13.5. The predicted octanol–water partition coefficient (Wildman–Crippen LogP) is 5.11. The first-order valence-electron chi connectivity index (χ1n) is 9.78. The number of hydrogen-bond donors (Lipinski definition) is 1. The van der Waals surface area contributed by atoms with E-state index in [9.17, 15) is 9.18 Å². The third kappa shape index (κ3) is 5.44. The zero-order valence-corrected chi connectivity index (χ0v) is 19.6.